The SMILES string of the molecule is COc1ccc(C(C)NC(=O)c2cc(N)ccc2Cl)cc1. The average Bonchev–Trinajstić information content (AvgIpc) is 2.49. The molecule has 0 aromatic heterocycles. The van der Waals surface area contributed by atoms with E-state index in [9.17, 15) is 4.79 Å². The highest BCUT2D eigenvalue weighted by Gasteiger charge is 2.14. The van der Waals surface area contributed by atoms with E-state index in [0.717, 1.165) is 11.3 Å². The topological polar surface area (TPSA) is 64.3 Å². The molecule has 5 heteroatoms. The molecule has 0 aliphatic carbocycles. The van der Waals surface area contributed by atoms with Gasteiger partial charge in [0.05, 0.1) is 23.7 Å². The molecule has 0 bridgehead atoms. The number of benzene rings is 2. The Morgan fingerprint density at radius 2 is 1.90 bits per heavy atom. The molecule has 21 heavy (non-hydrogen) atoms. The molecule has 0 aliphatic heterocycles. The first-order chi connectivity index (χ1) is 10.0. The number of nitrogen functional groups attached to an aromatic ring is 1. The molecule has 0 heterocycles. The Labute approximate surface area is 128 Å². The predicted molar refractivity (Wildman–Crippen MR) is 84.7 cm³/mol. The maximum atomic E-state index is 12.2. The van der Waals surface area contributed by atoms with Crippen LogP contribution < -0.4 is 15.8 Å². The van der Waals surface area contributed by atoms with Gasteiger partial charge in [0.15, 0.2) is 0 Å². The fraction of sp³-hybridized carbons (Fsp3) is 0.188. The summed E-state index contributed by atoms with van der Waals surface area (Å²) < 4.78 is 5.11. The second-order valence-corrected chi connectivity index (χ2v) is 5.11. The fourth-order valence-electron chi connectivity index (χ4n) is 1.97. The van der Waals surface area contributed by atoms with Gasteiger partial charge >= 0.3 is 0 Å². The monoisotopic (exact) mass is 304 g/mol. The summed E-state index contributed by atoms with van der Waals surface area (Å²) in [4.78, 5) is 12.2. The molecule has 110 valence electrons. The van der Waals surface area contributed by atoms with Gasteiger partial charge in [-0.15, -0.1) is 0 Å². The molecule has 0 radical (unpaired) electrons. The smallest absolute Gasteiger partial charge is 0.253 e. The Morgan fingerprint density at radius 3 is 2.52 bits per heavy atom. The normalized spacial score (nSPS) is 11.8. The first kappa shape index (κ1) is 15.2. The highest BCUT2D eigenvalue weighted by atomic mass is 35.5. The zero-order chi connectivity index (χ0) is 15.4. The summed E-state index contributed by atoms with van der Waals surface area (Å²) in [5.41, 5.74) is 7.54. The second-order valence-electron chi connectivity index (χ2n) is 4.71. The standard InChI is InChI=1S/C16H17ClN2O2/c1-10(11-3-6-13(21-2)7-4-11)19-16(20)14-9-12(18)5-8-15(14)17/h3-10H,18H2,1-2H3,(H,19,20). The van der Waals surface area contributed by atoms with E-state index in [1.54, 1.807) is 25.3 Å². The number of anilines is 1. The number of halogens is 1. The molecule has 1 unspecified atom stereocenters. The van der Waals surface area contributed by atoms with E-state index >= 15 is 0 Å². The van der Waals surface area contributed by atoms with Crippen molar-refractivity contribution in [3.8, 4) is 5.75 Å². The second kappa shape index (κ2) is 6.50. The molecule has 2 aromatic rings. The van der Waals surface area contributed by atoms with Crippen LogP contribution in [0, 0.1) is 0 Å². The van der Waals surface area contributed by atoms with Crippen molar-refractivity contribution in [2.45, 2.75) is 13.0 Å². The zero-order valence-electron chi connectivity index (χ0n) is 11.9. The highest BCUT2D eigenvalue weighted by Crippen LogP contribution is 2.21. The first-order valence-corrected chi connectivity index (χ1v) is 6.89. The summed E-state index contributed by atoms with van der Waals surface area (Å²) in [5.74, 6) is 0.520. The molecule has 3 N–H and O–H groups in total. The lowest BCUT2D eigenvalue weighted by Crippen LogP contribution is -2.27. The van der Waals surface area contributed by atoms with E-state index < -0.39 is 0 Å². The summed E-state index contributed by atoms with van der Waals surface area (Å²) >= 11 is 6.03. The molecule has 0 aliphatic rings. The molecule has 1 amide bonds. The van der Waals surface area contributed by atoms with Crippen LogP contribution in [-0.2, 0) is 0 Å². The van der Waals surface area contributed by atoms with Crippen LogP contribution in [0.15, 0.2) is 42.5 Å². The van der Waals surface area contributed by atoms with Crippen molar-refractivity contribution in [1.82, 2.24) is 5.32 Å². The maximum Gasteiger partial charge on any atom is 0.253 e. The van der Waals surface area contributed by atoms with Gasteiger partial charge in [-0.2, -0.15) is 0 Å². The Hall–Kier alpha value is -2.20. The van der Waals surface area contributed by atoms with Crippen LogP contribution in [0.4, 0.5) is 5.69 Å². The largest absolute Gasteiger partial charge is 0.497 e. The van der Waals surface area contributed by atoms with Crippen LogP contribution >= 0.6 is 11.6 Å². The van der Waals surface area contributed by atoms with Crippen LogP contribution in [0.3, 0.4) is 0 Å². The number of rotatable bonds is 4. The molecule has 0 fully saturated rings. The first-order valence-electron chi connectivity index (χ1n) is 6.51. The summed E-state index contributed by atoms with van der Waals surface area (Å²) in [6.45, 7) is 1.90. The van der Waals surface area contributed by atoms with Crippen LogP contribution in [0.25, 0.3) is 0 Å². The number of methoxy groups -OCH3 is 1. The minimum atomic E-state index is -0.254. The molecule has 2 rings (SSSR count). The van der Waals surface area contributed by atoms with Gasteiger partial charge in [0.25, 0.3) is 5.91 Å². The average molecular weight is 305 g/mol. The Bertz CT molecular complexity index is 641. The number of carbonyl (C=O) groups is 1. The molecule has 0 saturated carbocycles. The maximum absolute atomic E-state index is 12.2. The van der Waals surface area contributed by atoms with Gasteiger partial charge < -0.3 is 15.8 Å². The van der Waals surface area contributed by atoms with Gasteiger partial charge in [0, 0.05) is 5.69 Å². The molecule has 0 saturated heterocycles. The van der Waals surface area contributed by atoms with E-state index in [0.29, 0.717) is 16.3 Å². The van der Waals surface area contributed by atoms with Gasteiger partial charge in [0.2, 0.25) is 0 Å². The van der Waals surface area contributed by atoms with Crippen LogP contribution in [-0.4, -0.2) is 13.0 Å². The van der Waals surface area contributed by atoms with Crippen LogP contribution in [0.1, 0.15) is 28.9 Å². The summed E-state index contributed by atoms with van der Waals surface area (Å²) in [6, 6.07) is 12.2. The third-order valence-electron chi connectivity index (χ3n) is 3.20. The van der Waals surface area contributed by atoms with Crippen molar-refractivity contribution in [3.63, 3.8) is 0 Å². The van der Waals surface area contributed by atoms with Gasteiger partial charge in [0.1, 0.15) is 5.75 Å². The molecule has 4 nitrogen and oxygen atoms in total. The van der Waals surface area contributed by atoms with E-state index in [-0.39, 0.29) is 11.9 Å². The lowest BCUT2D eigenvalue weighted by molar-refractivity contribution is 0.0940. The van der Waals surface area contributed by atoms with E-state index in [4.69, 9.17) is 22.1 Å². The Morgan fingerprint density at radius 1 is 1.24 bits per heavy atom. The predicted octanol–water partition coefficient (Wildman–Crippen LogP) is 3.42. The van der Waals surface area contributed by atoms with Crippen molar-refractivity contribution in [2.24, 2.45) is 0 Å². The minimum Gasteiger partial charge on any atom is -0.497 e. The summed E-state index contributed by atoms with van der Waals surface area (Å²) in [6.07, 6.45) is 0. The quantitative estimate of drug-likeness (QED) is 0.851. The van der Waals surface area contributed by atoms with Crippen LogP contribution in [0.5, 0.6) is 5.75 Å². The zero-order valence-corrected chi connectivity index (χ0v) is 12.6. The van der Waals surface area contributed by atoms with Gasteiger partial charge in [-0.25, -0.2) is 0 Å². The van der Waals surface area contributed by atoms with Crippen molar-refractivity contribution < 1.29 is 9.53 Å². The molecule has 1 atom stereocenters. The Balaban J connectivity index is 2.12. The number of hydrogen-bond donors (Lipinski definition) is 2. The van der Waals surface area contributed by atoms with Crippen molar-refractivity contribution in [1.29, 1.82) is 0 Å². The lowest BCUT2D eigenvalue weighted by atomic mass is 10.1. The number of amides is 1. The van der Waals surface area contributed by atoms with E-state index in [2.05, 4.69) is 5.32 Å². The number of nitrogens with two attached hydrogens (primary N) is 1. The number of nitrogens with one attached hydrogen (secondary N) is 1. The number of ether oxygens (including phenoxy) is 1. The van der Waals surface area contributed by atoms with Crippen molar-refractivity contribution >= 4 is 23.2 Å². The summed E-state index contributed by atoms with van der Waals surface area (Å²) in [5, 5.41) is 3.28. The van der Waals surface area contributed by atoms with Gasteiger partial charge in [-0.1, -0.05) is 23.7 Å². The molecular weight excluding hydrogens is 288 g/mol. The number of carbonyl (C=O) groups excluding carboxylic acids is 1. The fourth-order valence-corrected chi connectivity index (χ4v) is 2.17. The Kier molecular flexibility index (Phi) is 4.70. The van der Waals surface area contributed by atoms with E-state index in [1.807, 2.05) is 31.2 Å². The van der Waals surface area contributed by atoms with Crippen molar-refractivity contribution in [3.05, 3.63) is 58.6 Å². The molecular formula is C16H17ClN2O2. The van der Waals surface area contributed by atoms with Crippen LogP contribution in [0.2, 0.25) is 5.02 Å². The third-order valence-corrected chi connectivity index (χ3v) is 3.53. The molecule has 2 aromatic carbocycles. The van der Waals surface area contributed by atoms with Crippen molar-refractivity contribution in [2.75, 3.05) is 12.8 Å². The minimum absolute atomic E-state index is 0.152. The highest BCUT2D eigenvalue weighted by molar-refractivity contribution is 6.34. The number of hydrogen-bond acceptors (Lipinski definition) is 3. The van der Waals surface area contributed by atoms with Gasteiger partial charge in [-0.05, 0) is 42.8 Å². The van der Waals surface area contributed by atoms with Gasteiger partial charge in [-0.3, -0.25) is 4.79 Å². The summed E-state index contributed by atoms with van der Waals surface area (Å²) in [7, 11) is 1.61. The van der Waals surface area contributed by atoms with E-state index in [1.165, 1.54) is 0 Å². The molecule has 0 spiro atoms. The lowest BCUT2D eigenvalue weighted by Gasteiger charge is -2.15. The third kappa shape index (κ3) is 3.67.